The highest BCUT2D eigenvalue weighted by atomic mass is 16.5. The molecule has 3 unspecified atom stereocenters. The molecular weight excluding hydrogens is 236 g/mol. The first-order valence-electron chi connectivity index (χ1n) is 8.55. The lowest BCUT2D eigenvalue weighted by Gasteiger charge is -2.34. The fourth-order valence-electron chi connectivity index (χ4n) is 3.25. The number of hydrogen-bond donors (Lipinski definition) is 1. The van der Waals surface area contributed by atoms with Gasteiger partial charge in [0.2, 0.25) is 0 Å². The summed E-state index contributed by atoms with van der Waals surface area (Å²) in [6, 6.07) is 0. The Morgan fingerprint density at radius 3 is 2.37 bits per heavy atom. The minimum atomic E-state index is -0.119. The van der Waals surface area contributed by atoms with Crippen LogP contribution in [0.2, 0.25) is 0 Å². The van der Waals surface area contributed by atoms with Gasteiger partial charge in [0.15, 0.2) is 0 Å². The summed E-state index contributed by atoms with van der Waals surface area (Å²) in [5.41, 5.74) is 0. The second kappa shape index (κ2) is 10.7. The van der Waals surface area contributed by atoms with E-state index in [1.54, 1.807) is 0 Å². The van der Waals surface area contributed by atoms with Gasteiger partial charge in [-0.1, -0.05) is 71.6 Å². The van der Waals surface area contributed by atoms with Gasteiger partial charge in [-0.3, -0.25) is 0 Å². The van der Waals surface area contributed by atoms with E-state index in [0.717, 1.165) is 19.6 Å². The van der Waals surface area contributed by atoms with E-state index in [9.17, 15) is 5.11 Å². The monoisotopic (exact) mass is 270 g/mol. The van der Waals surface area contributed by atoms with Crippen molar-refractivity contribution in [1.29, 1.82) is 0 Å². The number of hydrogen-bond acceptors (Lipinski definition) is 2. The Balaban J connectivity index is 2.32. The zero-order valence-electron chi connectivity index (χ0n) is 13.1. The molecule has 0 aromatic carbocycles. The summed E-state index contributed by atoms with van der Waals surface area (Å²) in [6.07, 6.45) is 12.6. The summed E-state index contributed by atoms with van der Waals surface area (Å²) < 4.78 is 5.60. The fraction of sp³-hybridized carbons (Fsp3) is 1.00. The summed E-state index contributed by atoms with van der Waals surface area (Å²) in [5, 5.41) is 10.2. The molecule has 1 aliphatic heterocycles. The molecule has 0 spiro atoms. The van der Waals surface area contributed by atoms with Crippen molar-refractivity contribution in [2.24, 2.45) is 11.8 Å². The fourth-order valence-corrected chi connectivity index (χ4v) is 3.25. The van der Waals surface area contributed by atoms with E-state index < -0.39 is 0 Å². The molecule has 0 bridgehead atoms. The van der Waals surface area contributed by atoms with E-state index in [4.69, 9.17) is 4.74 Å². The topological polar surface area (TPSA) is 29.5 Å². The van der Waals surface area contributed by atoms with E-state index in [0.29, 0.717) is 11.8 Å². The molecule has 0 saturated carbocycles. The maximum Gasteiger partial charge on any atom is 0.0615 e. The van der Waals surface area contributed by atoms with Crippen LogP contribution in [0, 0.1) is 11.8 Å². The predicted octanol–water partition coefficient (Wildman–Crippen LogP) is 4.55. The lowest BCUT2D eigenvalue weighted by molar-refractivity contribution is -0.0609. The first-order valence-corrected chi connectivity index (χ1v) is 8.55. The standard InChI is InChI=1S/C17H34O2/c1-3-5-7-8-9-11-15(10-6-4-2)16-14-19-13-12-17(16)18/h15-18H,3-14H2,1-2H3. The van der Waals surface area contributed by atoms with Crippen LogP contribution in [-0.4, -0.2) is 24.4 Å². The second-order valence-corrected chi connectivity index (χ2v) is 6.20. The van der Waals surface area contributed by atoms with Crippen molar-refractivity contribution in [2.75, 3.05) is 13.2 Å². The molecule has 0 radical (unpaired) electrons. The molecule has 3 atom stereocenters. The number of rotatable bonds is 10. The molecule has 1 fully saturated rings. The molecule has 1 aliphatic rings. The van der Waals surface area contributed by atoms with Gasteiger partial charge in [0.1, 0.15) is 0 Å². The Hall–Kier alpha value is -0.0800. The van der Waals surface area contributed by atoms with Crippen LogP contribution in [0.25, 0.3) is 0 Å². The highest BCUT2D eigenvalue weighted by molar-refractivity contribution is 4.79. The molecule has 19 heavy (non-hydrogen) atoms. The SMILES string of the molecule is CCCCCCCC(CCCC)C1COCCC1O. The van der Waals surface area contributed by atoms with Gasteiger partial charge >= 0.3 is 0 Å². The summed E-state index contributed by atoms with van der Waals surface area (Å²) in [4.78, 5) is 0. The highest BCUT2D eigenvalue weighted by Crippen LogP contribution is 2.31. The molecule has 0 aromatic heterocycles. The van der Waals surface area contributed by atoms with Crippen LogP contribution >= 0.6 is 0 Å². The van der Waals surface area contributed by atoms with Crippen molar-refractivity contribution in [3.63, 3.8) is 0 Å². The third-order valence-electron chi connectivity index (χ3n) is 4.57. The first kappa shape index (κ1) is 17.0. The van der Waals surface area contributed by atoms with Gasteiger partial charge in [-0.15, -0.1) is 0 Å². The van der Waals surface area contributed by atoms with Crippen LogP contribution < -0.4 is 0 Å². The van der Waals surface area contributed by atoms with E-state index >= 15 is 0 Å². The van der Waals surface area contributed by atoms with Gasteiger partial charge in [-0.25, -0.2) is 0 Å². The lowest BCUT2D eigenvalue weighted by atomic mass is 9.79. The van der Waals surface area contributed by atoms with Gasteiger partial charge in [-0.2, -0.15) is 0 Å². The minimum Gasteiger partial charge on any atom is -0.393 e. The molecule has 2 nitrogen and oxygen atoms in total. The summed E-state index contributed by atoms with van der Waals surface area (Å²) in [7, 11) is 0. The van der Waals surface area contributed by atoms with Gasteiger partial charge in [0.25, 0.3) is 0 Å². The smallest absolute Gasteiger partial charge is 0.0615 e. The quantitative estimate of drug-likeness (QED) is 0.590. The Labute approximate surface area is 119 Å². The third-order valence-corrected chi connectivity index (χ3v) is 4.57. The Morgan fingerprint density at radius 1 is 1.00 bits per heavy atom. The molecule has 0 amide bonds. The molecule has 1 rings (SSSR count). The zero-order valence-corrected chi connectivity index (χ0v) is 13.1. The summed E-state index contributed by atoms with van der Waals surface area (Å²) in [6.45, 7) is 6.05. The van der Waals surface area contributed by atoms with Gasteiger partial charge in [0.05, 0.1) is 12.7 Å². The van der Waals surface area contributed by atoms with Gasteiger partial charge < -0.3 is 9.84 Å². The van der Waals surface area contributed by atoms with Crippen molar-refractivity contribution in [3.05, 3.63) is 0 Å². The van der Waals surface area contributed by atoms with Crippen molar-refractivity contribution < 1.29 is 9.84 Å². The van der Waals surface area contributed by atoms with Crippen LogP contribution in [0.4, 0.5) is 0 Å². The third kappa shape index (κ3) is 6.76. The number of ether oxygens (including phenoxy) is 1. The molecule has 0 aromatic rings. The summed E-state index contributed by atoms with van der Waals surface area (Å²) >= 11 is 0. The molecule has 114 valence electrons. The van der Waals surface area contributed by atoms with Gasteiger partial charge in [-0.05, 0) is 12.3 Å². The van der Waals surface area contributed by atoms with E-state index in [1.807, 2.05) is 0 Å². The average molecular weight is 270 g/mol. The largest absolute Gasteiger partial charge is 0.393 e. The molecule has 1 N–H and O–H groups in total. The average Bonchev–Trinajstić information content (AvgIpc) is 2.43. The van der Waals surface area contributed by atoms with E-state index in [2.05, 4.69) is 13.8 Å². The van der Waals surface area contributed by atoms with Crippen LogP contribution in [0.5, 0.6) is 0 Å². The van der Waals surface area contributed by atoms with Crippen molar-refractivity contribution >= 4 is 0 Å². The van der Waals surface area contributed by atoms with E-state index in [1.165, 1.54) is 57.8 Å². The predicted molar refractivity (Wildman–Crippen MR) is 81.3 cm³/mol. The number of aliphatic hydroxyl groups is 1. The molecule has 0 aliphatic carbocycles. The maximum absolute atomic E-state index is 10.2. The normalized spacial score (nSPS) is 25.4. The molecule has 1 heterocycles. The van der Waals surface area contributed by atoms with E-state index in [-0.39, 0.29) is 6.10 Å². The molecular formula is C17H34O2. The van der Waals surface area contributed by atoms with Crippen LogP contribution in [0.15, 0.2) is 0 Å². The van der Waals surface area contributed by atoms with Crippen molar-refractivity contribution in [1.82, 2.24) is 0 Å². The Kier molecular flexibility index (Phi) is 9.54. The molecule has 2 heteroatoms. The van der Waals surface area contributed by atoms with Crippen molar-refractivity contribution in [3.8, 4) is 0 Å². The Morgan fingerprint density at radius 2 is 1.68 bits per heavy atom. The van der Waals surface area contributed by atoms with Crippen LogP contribution in [0.3, 0.4) is 0 Å². The lowest BCUT2D eigenvalue weighted by Crippen LogP contribution is -2.37. The Bertz CT molecular complexity index is 205. The summed E-state index contributed by atoms with van der Waals surface area (Å²) in [5.74, 6) is 1.07. The van der Waals surface area contributed by atoms with Gasteiger partial charge in [0, 0.05) is 12.5 Å². The number of unbranched alkanes of at least 4 members (excludes halogenated alkanes) is 5. The second-order valence-electron chi connectivity index (χ2n) is 6.20. The molecule has 1 saturated heterocycles. The van der Waals surface area contributed by atoms with Crippen molar-refractivity contribution in [2.45, 2.75) is 84.2 Å². The first-order chi connectivity index (χ1) is 9.29. The highest BCUT2D eigenvalue weighted by Gasteiger charge is 2.30. The number of aliphatic hydroxyl groups excluding tert-OH is 1. The zero-order chi connectivity index (χ0) is 13.9. The minimum absolute atomic E-state index is 0.119. The van der Waals surface area contributed by atoms with Crippen LogP contribution in [0.1, 0.15) is 78.1 Å². The van der Waals surface area contributed by atoms with Crippen LogP contribution in [-0.2, 0) is 4.74 Å². The maximum atomic E-state index is 10.2.